The zero-order valence-corrected chi connectivity index (χ0v) is 8.39. The standard InChI is InChI=1S/C11H23N/c1-2-3-6-10-7-4-5-8-11(10)9-12/h10-11H,2-9,12H2,1H3. The molecule has 1 saturated carbocycles. The highest BCUT2D eigenvalue weighted by atomic mass is 14.6. The average Bonchev–Trinajstić information content (AvgIpc) is 2.15. The molecule has 2 N–H and O–H groups in total. The summed E-state index contributed by atoms with van der Waals surface area (Å²) < 4.78 is 0. The van der Waals surface area contributed by atoms with Crippen molar-refractivity contribution in [1.82, 2.24) is 0 Å². The van der Waals surface area contributed by atoms with Gasteiger partial charge in [0.25, 0.3) is 0 Å². The van der Waals surface area contributed by atoms with Crippen molar-refractivity contribution >= 4 is 0 Å². The molecule has 0 bridgehead atoms. The van der Waals surface area contributed by atoms with E-state index >= 15 is 0 Å². The summed E-state index contributed by atoms with van der Waals surface area (Å²) in [5.74, 6) is 1.81. The first-order chi connectivity index (χ1) is 5.88. The van der Waals surface area contributed by atoms with Gasteiger partial charge < -0.3 is 5.73 Å². The van der Waals surface area contributed by atoms with Crippen LogP contribution in [0, 0.1) is 11.8 Å². The molecule has 2 atom stereocenters. The maximum absolute atomic E-state index is 5.77. The summed E-state index contributed by atoms with van der Waals surface area (Å²) in [4.78, 5) is 0. The number of hydrogen-bond acceptors (Lipinski definition) is 1. The molecular formula is C11H23N. The van der Waals surface area contributed by atoms with Gasteiger partial charge in [0.05, 0.1) is 0 Å². The van der Waals surface area contributed by atoms with Crippen LogP contribution in [0.4, 0.5) is 0 Å². The summed E-state index contributed by atoms with van der Waals surface area (Å²) in [6.07, 6.45) is 9.88. The molecule has 0 saturated heterocycles. The van der Waals surface area contributed by atoms with Gasteiger partial charge in [-0.1, -0.05) is 45.4 Å². The molecule has 72 valence electrons. The van der Waals surface area contributed by atoms with Crippen molar-refractivity contribution in [3.8, 4) is 0 Å². The molecule has 1 aliphatic rings. The fourth-order valence-electron chi connectivity index (χ4n) is 2.44. The van der Waals surface area contributed by atoms with Crippen LogP contribution in [0.2, 0.25) is 0 Å². The van der Waals surface area contributed by atoms with Crippen LogP contribution in [0.15, 0.2) is 0 Å². The van der Waals surface area contributed by atoms with Crippen molar-refractivity contribution < 1.29 is 0 Å². The Morgan fingerprint density at radius 2 is 1.83 bits per heavy atom. The van der Waals surface area contributed by atoms with Crippen molar-refractivity contribution in [2.45, 2.75) is 51.9 Å². The second-order valence-corrected chi connectivity index (χ2v) is 4.18. The molecule has 1 nitrogen and oxygen atoms in total. The van der Waals surface area contributed by atoms with Gasteiger partial charge in [0.2, 0.25) is 0 Å². The molecule has 0 radical (unpaired) electrons. The van der Waals surface area contributed by atoms with Crippen LogP contribution in [0.3, 0.4) is 0 Å². The van der Waals surface area contributed by atoms with Crippen LogP contribution in [0.5, 0.6) is 0 Å². The normalized spacial score (nSPS) is 30.5. The predicted octanol–water partition coefficient (Wildman–Crippen LogP) is 2.94. The minimum absolute atomic E-state index is 0.852. The highest BCUT2D eigenvalue weighted by molar-refractivity contribution is 4.75. The molecule has 1 aliphatic carbocycles. The molecule has 2 unspecified atom stereocenters. The summed E-state index contributed by atoms with van der Waals surface area (Å²) in [6.45, 7) is 3.20. The molecule has 0 aromatic rings. The number of rotatable bonds is 4. The lowest BCUT2D eigenvalue weighted by atomic mass is 9.77. The monoisotopic (exact) mass is 169 g/mol. The summed E-state index contributed by atoms with van der Waals surface area (Å²) in [5, 5.41) is 0. The summed E-state index contributed by atoms with van der Waals surface area (Å²) in [5.41, 5.74) is 5.77. The molecule has 0 aromatic heterocycles. The van der Waals surface area contributed by atoms with Crippen molar-refractivity contribution in [3.05, 3.63) is 0 Å². The van der Waals surface area contributed by atoms with Crippen molar-refractivity contribution in [1.29, 1.82) is 0 Å². The molecule has 0 aliphatic heterocycles. The summed E-state index contributed by atoms with van der Waals surface area (Å²) in [7, 11) is 0. The lowest BCUT2D eigenvalue weighted by Crippen LogP contribution is -2.26. The van der Waals surface area contributed by atoms with E-state index in [2.05, 4.69) is 6.92 Å². The van der Waals surface area contributed by atoms with E-state index in [1.807, 2.05) is 0 Å². The van der Waals surface area contributed by atoms with Gasteiger partial charge in [0.15, 0.2) is 0 Å². The molecule has 0 heterocycles. The topological polar surface area (TPSA) is 26.0 Å². The van der Waals surface area contributed by atoms with E-state index in [1.54, 1.807) is 0 Å². The third-order valence-corrected chi connectivity index (χ3v) is 3.30. The fraction of sp³-hybridized carbons (Fsp3) is 1.00. The molecule has 0 spiro atoms. The lowest BCUT2D eigenvalue weighted by Gasteiger charge is -2.30. The van der Waals surface area contributed by atoms with Gasteiger partial charge in [-0.3, -0.25) is 0 Å². The number of hydrogen-bond donors (Lipinski definition) is 1. The Kier molecular flexibility index (Phi) is 4.67. The zero-order chi connectivity index (χ0) is 8.81. The Morgan fingerprint density at radius 3 is 2.42 bits per heavy atom. The van der Waals surface area contributed by atoms with Crippen LogP contribution in [-0.2, 0) is 0 Å². The second-order valence-electron chi connectivity index (χ2n) is 4.18. The Labute approximate surface area is 76.7 Å². The number of nitrogens with two attached hydrogens (primary N) is 1. The van der Waals surface area contributed by atoms with Gasteiger partial charge in [-0.05, 0) is 24.8 Å². The first-order valence-corrected chi connectivity index (χ1v) is 5.58. The minimum atomic E-state index is 0.852. The quantitative estimate of drug-likeness (QED) is 0.688. The van der Waals surface area contributed by atoms with Gasteiger partial charge in [0, 0.05) is 0 Å². The van der Waals surface area contributed by atoms with E-state index in [-0.39, 0.29) is 0 Å². The third-order valence-electron chi connectivity index (χ3n) is 3.30. The molecular weight excluding hydrogens is 146 g/mol. The highest BCUT2D eigenvalue weighted by Gasteiger charge is 2.22. The van der Waals surface area contributed by atoms with Crippen molar-refractivity contribution in [3.63, 3.8) is 0 Å². The third kappa shape index (κ3) is 2.78. The molecule has 12 heavy (non-hydrogen) atoms. The average molecular weight is 169 g/mol. The SMILES string of the molecule is CCCCC1CCCCC1CN. The highest BCUT2D eigenvalue weighted by Crippen LogP contribution is 2.32. The van der Waals surface area contributed by atoms with Crippen LogP contribution in [0.25, 0.3) is 0 Å². The lowest BCUT2D eigenvalue weighted by molar-refractivity contribution is 0.226. The van der Waals surface area contributed by atoms with E-state index in [1.165, 1.54) is 44.9 Å². The van der Waals surface area contributed by atoms with Crippen molar-refractivity contribution in [2.24, 2.45) is 17.6 Å². The second kappa shape index (κ2) is 5.58. The maximum Gasteiger partial charge on any atom is -0.00462 e. The van der Waals surface area contributed by atoms with Crippen LogP contribution in [0.1, 0.15) is 51.9 Å². The smallest absolute Gasteiger partial charge is 0.00462 e. The van der Waals surface area contributed by atoms with E-state index in [9.17, 15) is 0 Å². The fourth-order valence-corrected chi connectivity index (χ4v) is 2.44. The van der Waals surface area contributed by atoms with E-state index < -0.39 is 0 Å². The Bertz CT molecular complexity index is 112. The van der Waals surface area contributed by atoms with Gasteiger partial charge in [-0.2, -0.15) is 0 Å². The predicted molar refractivity (Wildman–Crippen MR) is 54.0 cm³/mol. The van der Waals surface area contributed by atoms with Gasteiger partial charge >= 0.3 is 0 Å². The molecule has 0 amide bonds. The van der Waals surface area contributed by atoms with Gasteiger partial charge in [-0.15, -0.1) is 0 Å². The maximum atomic E-state index is 5.77. The number of unbranched alkanes of at least 4 members (excludes halogenated alkanes) is 1. The van der Waals surface area contributed by atoms with E-state index in [0.717, 1.165) is 18.4 Å². The van der Waals surface area contributed by atoms with E-state index in [0.29, 0.717) is 0 Å². The minimum Gasteiger partial charge on any atom is -0.330 e. The summed E-state index contributed by atoms with van der Waals surface area (Å²) in [6, 6.07) is 0. The molecule has 1 heteroatoms. The first-order valence-electron chi connectivity index (χ1n) is 5.58. The zero-order valence-electron chi connectivity index (χ0n) is 8.39. The Balaban J connectivity index is 2.26. The Hall–Kier alpha value is -0.0400. The van der Waals surface area contributed by atoms with Crippen LogP contribution >= 0.6 is 0 Å². The molecule has 1 rings (SSSR count). The van der Waals surface area contributed by atoms with Gasteiger partial charge in [0.1, 0.15) is 0 Å². The molecule has 1 fully saturated rings. The Morgan fingerprint density at radius 1 is 1.17 bits per heavy atom. The largest absolute Gasteiger partial charge is 0.330 e. The van der Waals surface area contributed by atoms with E-state index in [4.69, 9.17) is 5.73 Å². The summed E-state index contributed by atoms with van der Waals surface area (Å²) >= 11 is 0. The first kappa shape index (κ1) is 10.0. The van der Waals surface area contributed by atoms with Crippen molar-refractivity contribution in [2.75, 3.05) is 6.54 Å². The van der Waals surface area contributed by atoms with Crippen LogP contribution < -0.4 is 5.73 Å². The molecule has 0 aromatic carbocycles. The van der Waals surface area contributed by atoms with Crippen LogP contribution in [-0.4, -0.2) is 6.54 Å². The van der Waals surface area contributed by atoms with Gasteiger partial charge in [-0.25, -0.2) is 0 Å².